The predicted molar refractivity (Wildman–Crippen MR) is 76.6 cm³/mol. The van der Waals surface area contributed by atoms with Crippen LogP contribution in [0.2, 0.25) is 0 Å². The molecule has 5 N–H and O–H groups in total. The highest BCUT2D eigenvalue weighted by Crippen LogP contribution is 2.21. The number of rotatable bonds is 6. The van der Waals surface area contributed by atoms with E-state index in [1.807, 2.05) is 0 Å². The van der Waals surface area contributed by atoms with E-state index < -0.39 is 17.9 Å². The van der Waals surface area contributed by atoms with E-state index in [1.165, 1.54) is 12.1 Å². The molecule has 0 radical (unpaired) electrons. The summed E-state index contributed by atoms with van der Waals surface area (Å²) < 4.78 is 0.599. The lowest BCUT2D eigenvalue weighted by Crippen LogP contribution is -2.30. The van der Waals surface area contributed by atoms with Gasteiger partial charge in [-0.1, -0.05) is 15.9 Å². The summed E-state index contributed by atoms with van der Waals surface area (Å²) in [5.41, 5.74) is 5.13. The Kier molecular flexibility index (Phi) is 5.98. The Balaban J connectivity index is 2.57. The second kappa shape index (κ2) is 7.49. The monoisotopic (exact) mass is 343 g/mol. The van der Waals surface area contributed by atoms with Crippen LogP contribution in [0, 0.1) is 0 Å². The lowest BCUT2D eigenvalue weighted by Gasteiger charge is -2.10. The largest absolute Gasteiger partial charge is 0.478 e. The first kappa shape index (κ1) is 16.0. The third-order valence-corrected chi connectivity index (χ3v) is 2.84. The molecule has 8 heteroatoms. The van der Waals surface area contributed by atoms with Gasteiger partial charge in [0.05, 0.1) is 11.3 Å². The molecular weight excluding hydrogens is 330 g/mol. The van der Waals surface area contributed by atoms with Gasteiger partial charge in [-0.3, -0.25) is 4.79 Å². The smallest absolute Gasteiger partial charge is 0.337 e. The number of nitrogens with one attached hydrogen (secondary N) is 2. The van der Waals surface area contributed by atoms with Gasteiger partial charge in [0, 0.05) is 17.4 Å². The molecule has 1 aromatic rings. The molecule has 0 aromatic heterocycles. The van der Waals surface area contributed by atoms with Crippen LogP contribution in [0.15, 0.2) is 22.7 Å². The van der Waals surface area contributed by atoms with Crippen LogP contribution < -0.4 is 16.4 Å². The van der Waals surface area contributed by atoms with E-state index >= 15 is 0 Å². The molecule has 0 spiro atoms. The average Bonchev–Trinajstić information content (AvgIpc) is 2.36. The Hall–Kier alpha value is -2.09. The number of nitrogens with two attached hydrogens (primary N) is 1. The highest BCUT2D eigenvalue weighted by molar-refractivity contribution is 9.10. The zero-order chi connectivity index (χ0) is 15.1. The normalized spacial score (nSPS) is 9.85. The van der Waals surface area contributed by atoms with E-state index in [0.29, 0.717) is 10.9 Å². The first-order chi connectivity index (χ1) is 9.40. The fourth-order valence-electron chi connectivity index (χ4n) is 1.43. The van der Waals surface area contributed by atoms with Crippen molar-refractivity contribution >= 4 is 39.5 Å². The fourth-order valence-corrected chi connectivity index (χ4v) is 1.79. The van der Waals surface area contributed by atoms with Crippen LogP contribution >= 0.6 is 15.9 Å². The summed E-state index contributed by atoms with van der Waals surface area (Å²) in [6, 6.07) is 3.95. The number of amides is 3. The van der Waals surface area contributed by atoms with Gasteiger partial charge in [0.1, 0.15) is 0 Å². The SMILES string of the molecule is NC(=O)CCCNC(=O)Nc1ccc(Br)cc1C(=O)O. The molecule has 7 nitrogen and oxygen atoms in total. The van der Waals surface area contributed by atoms with Crippen LogP contribution in [0.1, 0.15) is 23.2 Å². The topological polar surface area (TPSA) is 122 Å². The number of carbonyl (C=O) groups is 3. The van der Waals surface area contributed by atoms with Crippen LogP contribution in [-0.2, 0) is 4.79 Å². The molecule has 0 aliphatic heterocycles. The number of hydrogen-bond donors (Lipinski definition) is 4. The van der Waals surface area contributed by atoms with Crippen LogP contribution in [-0.4, -0.2) is 29.6 Å². The van der Waals surface area contributed by atoms with Crippen molar-refractivity contribution in [3.63, 3.8) is 0 Å². The highest BCUT2D eigenvalue weighted by atomic mass is 79.9. The van der Waals surface area contributed by atoms with Crippen LogP contribution in [0.3, 0.4) is 0 Å². The molecule has 1 aromatic carbocycles. The number of halogens is 1. The van der Waals surface area contributed by atoms with Crippen molar-refractivity contribution in [2.24, 2.45) is 5.73 Å². The highest BCUT2D eigenvalue weighted by Gasteiger charge is 2.12. The van der Waals surface area contributed by atoms with Crippen molar-refractivity contribution in [2.75, 3.05) is 11.9 Å². The summed E-state index contributed by atoms with van der Waals surface area (Å²) in [7, 11) is 0. The van der Waals surface area contributed by atoms with Crippen molar-refractivity contribution in [3.8, 4) is 0 Å². The van der Waals surface area contributed by atoms with Gasteiger partial charge in [-0.15, -0.1) is 0 Å². The zero-order valence-corrected chi connectivity index (χ0v) is 12.1. The minimum Gasteiger partial charge on any atom is -0.478 e. The maximum Gasteiger partial charge on any atom is 0.337 e. The Morgan fingerprint density at radius 3 is 2.60 bits per heavy atom. The maximum absolute atomic E-state index is 11.6. The third kappa shape index (κ3) is 5.27. The van der Waals surface area contributed by atoms with E-state index in [-0.39, 0.29) is 24.2 Å². The van der Waals surface area contributed by atoms with Crippen molar-refractivity contribution < 1.29 is 19.5 Å². The zero-order valence-electron chi connectivity index (χ0n) is 10.5. The third-order valence-electron chi connectivity index (χ3n) is 2.35. The number of urea groups is 1. The quantitative estimate of drug-likeness (QED) is 0.585. The first-order valence-electron chi connectivity index (χ1n) is 5.76. The van der Waals surface area contributed by atoms with Gasteiger partial charge in [0.2, 0.25) is 5.91 Å². The molecule has 3 amide bonds. The van der Waals surface area contributed by atoms with Gasteiger partial charge >= 0.3 is 12.0 Å². The molecule has 0 fully saturated rings. The molecule has 0 bridgehead atoms. The summed E-state index contributed by atoms with van der Waals surface area (Å²) in [5, 5.41) is 14.0. The number of benzene rings is 1. The number of hydrogen-bond acceptors (Lipinski definition) is 3. The molecule has 0 aliphatic rings. The maximum atomic E-state index is 11.6. The van der Waals surface area contributed by atoms with E-state index in [2.05, 4.69) is 26.6 Å². The molecule has 0 saturated heterocycles. The molecule has 0 unspecified atom stereocenters. The molecule has 1 rings (SSSR count). The fraction of sp³-hybridized carbons (Fsp3) is 0.250. The number of carboxylic acids is 1. The van der Waals surface area contributed by atoms with Gasteiger partial charge in [-0.2, -0.15) is 0 Å². The van der Waals surface area contributed by atoms with Gasteiger partial charge in [-0.25, -0.2) is 9.59 Å². The van der Waals surface area contributed by atoms with Crippen molar-refractivity contribution in [1.82, 2.24) is 5.32 Å². The van der Waals surface area contributed by atoms with E-state index in [9.17, 15) is 14.4 Å². The van der Waals surface area contributed by atoms with Gasteiger partial charge in [0.15, 0.2) is 0 Å². The van der Waals surface area contributed by atoms with E-state index in [1.54, 1.807) is 6.07 Å². The number of primary amides is 1. The minimum atomic E-state index is -1.14. The van der Waals surface area contributed by atoms with Gasteiger partial charge < -0.3 is 21.5 Å². The number of carboxylic acid groups (broad SMARTS) is 1. The van der Waals surface area contributed by atoms with E-state index in [4.69, 9.17) is 10.8 Å². The second-order valence-electron chi connectivity index (χ2n) is 3.95. The second-order valence-corrected chi connectivity index (χ2v) is 4.86. The summed E-state index contributed by atoms with van der Waals surface area (Å²) >= 11 is 3.16. The van der Waals surface area contributed by atoms with Gasteiger partial charge in [0.25, 0.3) is 0 Å². The summed E-state index contributed by atoms with van der Waals surface area (Å²) in [5.74, 6) is -1.58. The van der Waals surface area contributed by atoms with Crippen LogP contribution in [0.25, 0.3) is 0 Å². The van der Waals surface area contributed by atoms with Crippen molar-refractivity contribution in [3.05, 3.63) is 28.2 Å². The Morgan fingerprint density at radius 2 is 2.00 bits per heavy atom. The average molecular weight is 344 g/mol. The lowest BCUT2D eigenvalue weighted by molar-refractivity contribution is -0.118. The number of carbonyl (C=O) groups excluding carboxylic acids is 2. The lowest BCUT2D eigenvalue weighted by atomic mass is 10.2. The standard InChI is InChI=1S/C12H14BrN3O4/c13-7-3-4-9(8(6-7)11(18)19)16-12(20)15-5-1-2-10(14)17/h3-4,6H,1-2,5H2,(H2,14,17)(H,18,19)(H2,15,16,20). The van der Waals surface area contributed by atoms with Gasteiger partial charge in [-0.05, 0) is 24.6 Å². The molecule has 0 saturated carbocycles. The van der Waals surface area contributed by atoms with Crippen LogP contribution in [0.5, 0.6) is 0 Å². The Morgan fingerprint density at radius 1 is 1.30 bits per heavy atom. The first-order valence-corrected chi connectivity index (χ1v) is 6.55. The minimum absolute atomic E-state index is 0.0216. The van der Waals surface area contributed by atoms with Crippen molar-refractivity contribution in [1.29, 1.82) is 0 Å². The molecule has 0 heterocycles. The molecule has 0 aliphatic carbocycles. The predicted octanol–water partition coefficient (Wildman–Crippen LogP) is 1.53. The Bertz CT molecular complexity index is 533. The molecular formula is C12H14BrN3O4. The van der Waals surface area contributed by atoms with Crippen molar-refractivity contribution in [2.45, 2.75) is 12.8 Å². The summed E-state index contributed by atoms with van der Waals surface area (Å²) in [4.78, 5) is 33.1. The number of aromatic carboxylic acids is 1. The molecule has 0 atom stereocenters. The molecule has 20 heavy (non-hydrogen) atoms. The number of anilines is 1. The Labute approximate surface area is 123 Å². The molecule has 108 valence electrons. The summed E-state index contributed by atoms with van der Waals surface area (Å²) in [6.45, 7) is 0.272. The summed E-state index contributed by atoms with van der Waals surface area (Å²) in [6.07, 6.45) is 0.605. The van der Waals surface area contributed by atoms with Crippen LogP contribution in [0.4, 0.5) is 10.5 Å². The van der Waals surface area contributed by atoms with E-state index in [0.717, 1.165) is 0 Å².